The highest BCUT2D eigenvalue weighted by Crippen LogP contribution is 2.36. The van der Waals surface area contributed by atoms with E-state index in [1.54, 1.807) is 19.1 Å². The van der Waals surface area contributed by atoms with Gasteiger partial charge in [0.25, 0.3) is 5.91 Å². The summed E-state index contributed by atoms with van der Waals surface area (Å²) < 4.78 is 11.2. The first-order valence-corrected chi connectivity index (χ1v) is 9.31. The summed E-state index contributed by atoms with van der Waals surface area (Å²) >= 11 is 7.41. The number of halogens is 1. The van der Waals surface area contributed by atoms with Crippen molar-refractivity contribution in [1.29, 1.82) is 0 Å². The number of hydrazone groups is 1. The van der Waals surface area contributed by atoms with E-state index in [2.05, 4.69) is 15.5 Å². The van der Waals surface area contributed by atoms with Crippen molar-refractivity contribution >= 4 is 40.2 Å². The molecule has 1 amide bonds. The molecule has 9 heteroatoms. The predicted octanol–water partition coefficient (Wildman–Crippen LogP) is 3.64. The Morgan fingerprint density at radius 3 is 2.81 bits per heavy atom. The van der Waals surface area contributed by atoms with E-state index in [4.69, 9.17) is 26.8 Å². The van der Waals surface area contributed by atoms with E-state index in [-0.39, 0.29) is 5.91 Å². The molecule has 0 bridgehead atoms. The van der Waals surface area contributed by atoms with E-state index in [0.717, 1.165) is 17.8 Å². The summed E-state index contributed by atoms with van der Waals surface area (Å²) in [6, 6.07) is 3.45. The molecule has 1 aromatic carbocycles. The van der Waals surface area contributed by atoms with Gasteiger partial charge in [-0.15, -0.1) is 0 Å². The molecule has 0 aliphatic carbocycles. The van der Waals surface area contributed by atoms with Gasteiger partial charge >= 0.3 is 0 Å². The smallest absolute Gasteiger partial charge is 0.283 e. The molecular weight excluding hydrogens is 376 g/mol. The first-order chi connectivity index (χ1) is 12.5. The molecule has 1 heterocycles. The van der Waals surface area contributed by atoms with Gasteiger partial charge in [-0.1, -0.05) is 29.9 Å². The Balaban J connectivity index is 2.14. The Morgan fingerprint density at radius 2 is 2.19 bits per heavy atom. The number of carbonyl (C=O) groups is 1. The monoisotopic (exact) mass is 396 g/mol. The van der Waals surface area contributed by atoms with Crippen LogP contribution in [0, 0.1) is 6.92 Å². The van der Waals surface area contributed by atoms with Gasteiger partial charge in [0.1, 0.15) is 4.88 Å². The highest BCUT2D eigenvalue weighted by molar-refractivity contribution is 7.17. The van der Waals surface area contributed by atoms with Crippen molar-refractivity contribution in [1.82, 2.24) is 10.4 Å². The Morgan fingerprint density at radius 1 is 1.42 bits per heavy atom. The maximum absolute atomic E-state index is 12.1. The van der Waals surface area contributed by atoms with Crippen LogP contribution in [0.5, 0.6) is 11.5 Å². The molecule has 7 nitrogen and oxygen atoms in total. The minimum Gasteiger partial charge on any atom is -0.490 e. The molecule has 2 rings (SSSR count). The summed E-state index contributed by atoms with van der Waals surface area (Å²) in [5.74, 6) is 0.673. The lowest BCUT2D eigenvalue weighted by atomic mass is 10.2. The second-order valence-corrected chi connectivity index (χ2v) is 6.72. The third-order valence-electron chi connectivity index (χ3n) is 3.18. The van der Waals surface area contributed by atoms with Gasteiger partial charge in [-0.05, 0) is 38.0 Å². The summed E-state index contributed by atoms with van der Waals surface area (Å²) in [6.07, 6.45) is 2.34. The summed E-state index contributed by atoms with van der Waals surface area (Å²) in [5, 5.41) is 4.72. The molecule has 0 aliphatic heterocycles. The zero-order valence-corrected chi connectivity index (χ0v) is 16.4. The molecule has 0 atom stereocenters. The lowest BCUT2D eigenvalue weighted by molar-refractivity contribution is 0.0958. The van der Waals surface area contributed by atoms with E-state index < -0.39 is 0 Å². The molecule has 3 N–H and O–H groups in total. The zero-order valence-electron chi connectivity index (χ0n) is 14.8. The molecule has 0 saturated heterocycles. The molecule has 0 radical (unpaired) electrons. The van der Waals surface area contributed by atoms with Crippen LogP contribution >= 0.6 is 22.9 Å². The average Bonchev–Trinajstić information content (AvgIpc) is 2.93. The fourth-order valence-corrected chi connectivity index (χ4v) is 3.11. The minimum absolute atomic E-state index is 0.340. The fraction of sp³-hybridized carbons (Fsp3) is 0.353. The van der Waals surface area contributed by atoms with Crippen molar-refractivity contribution in [2.24, 2.45) is 5.10 Å². The van der Waals surface area contributed by atoms with Crippen LogP contribution in [-0.4, -0.2) is 30.3 Å². The van der Waals surface area contributed by atoms with E-state index >= 15 is 0 Å². The first-order valence-electron chi connectivity index (χ1n) is 8.11. The van der Waals surface area contributed by atoms with Gasteiger partial charge in [-0.2, -0.15) is 5.10 Å². The van der Waals surface area contributed by atoms with Crippen LogP contribution < -0.4 is 20.6 Å². The SMILES string of the molecule is CCCOc1c(Cl)cc(/C=N\NC(=O)c2sc(N)nc2C)cc1OCC. The molecule has 0 fully saturated rings. The van der Waals surface area contributed by atoms with Gasteiger partial charge < -0.3 is 15.2 Å². The van der Waals surface area contributed by atoms with Crippen LogP contribution in [0.3, 0.4) is 0 Å². The van der Waals surface area contributed by atoms with Crippen molar-refractivity contribution < 1.29 is 14.3 Å². The number of nitrogens with one attached hydrogen (secondary N) is 1. The Labute approximate surface area is 161 Å². The first kappa shape index (κ1) is 20.0. The number of carbonyl (C=O) groups excluding carboxylic acids is 1. The van der Waals surface area contributed by atoms with E-state index in [0.29, 0.717) is 51.0 Å². The molecule has 0 spiro atoms. The number of anilines is 1. The number of ether oxygens (including phenoxy) is 2. The molecule has 2 aromatic rings. The van der Waals surface area contributed by atoms with Crippen molar-refractivity contribution in [3.8, 4) is 11.5 Å². The normalized spacial score (nSPS) is 10.9. The predicted molar refractivity (Wildman–Crippen MR) is 105 cm³/mol. The van der Waals surface area contributed by atoms with E-state index in [9.17, 15) is 4.79 Å². The molecule has 140 valence electrons. The summed E-state index contributed by atoms with van der Waals surface area (Å²) in [4.78, 5) is 16.5. The number of nitrogen functional groups attached to an aromatic ring is 1. The zero-order chi connectivity index (χ0) is 19.1. The lowest BCUT2D eigenvalue weighted by Crippen LogP contribution is -2.17. The number of nitrogens with zero attached hydrogens (tertiary/aromatic N) is 2. The molecule has 0 saturated carbocycles. The Kier molecular flexibility index (Phi) is 7.23. The molecular formula is C17H21ClN4O3S. The number of rotatable bonds is 8. The average molecular weight is 397 g/mol. The van der Waals surface area contributed by atoms with Crippen molar-refractivity contribution in [3.05, 3.63) is 33.3 Å². The summed E-state index contributed by atoms with van der Waals surface area (Å²) in [6.45, 7) is 6.62. The van der Waals surface area contributed by atoms with Gasteiger partial charge in [0, 0.05) is 0 Å². The quantitative estimate of drug-likeness (QED) is 0.524. The standard InChI is InChI=1S/C17H21ClN4O3S/c1-4-6-25-14-12(18)7-11(8-13(14)24-5-2)9-20-22-16(23)15-10(3)21-17(19)26-15/h7-9H,4-6H2,1-3H3,(H2,19,21)(H,22,23)/b20-9-. The number of amides is 1. The molecule has 26 heavy (non-hydrogen) atoms. The highest BCUT2D eigenvalue weighted by Gasteiger charge is 2.14. The lowest BCUT2D eigenvalue weighted by Gasteiger charge is -2.13. The third-order valence-corrected chi connectivity index (χ3v) is 4.45. The fourth-order valence-electron chi connectivity index (χ4n) is 2.11. The second-order valence-electron chi connectivity index (χ2n) is 5.28. The Hall–Kier alpha value is -2.32. The maximum atomic E-state index is 12.1. The van der Waals surface area contributed by atoms with E-state index in [1.807, 2.05) is 13.8 Å². The van der Waals surface area contributed by atoms with Crippen LogP contribution in [0.4, 0.5) is 5.13 Å². The van der Waals surface area contributed by atoms with Gasteiger partial charge in [0.2, 0.25) is 0 Å². The molecule has 0 aliphatic rings. The summed E-state index contributed by atoms with van der Waals surface area (Å²) in [7, 11) is 0. The Bertz CT molecular complexity index is 808. The van der Waals surface area contributed by atoms with Gasteiger partial charge in [0.15, 0.2) is 16.6 Å². The number of nitrogens with two attached hydrogens (primary N) is 1. The third kappa shape index (κ3) is 5.09. The highest BCUT2D eigenvalue weighted by atomic mass is 35.5. The number of thiazole rings is 1. The van der Waals surface area contributed by atoms with Gasteiger partial charge in [0.05, 0.1) is 30.1 Å². The van der Waals surface area contributed by atoms with Crippen LogP contribution in [0.1, 0.15) is 41.2 Å². The summed E-state index contributed by atoms with van der Waals surface area (Å²) in [5.41, 5.74) is 9.29. The second kappa shape index (κ2) is 9.40. The van der Waals surface area contributed by atoms with Crippen molar-refractivity contribution in [2.75, 3.05) is 18.9 Å². The van der Waals surface area contributed by atoms with Crippen LogP contribution in [0.15, 0.2) is 17.2 Å². The topological polar surface area (TPSA) is 98.8 Å². The number of hydrogen-bond acceptors (Lipinski definition) is 7. The number of aryl methyl sites for hydroxylation is 1. The molecule has 0 unspecified atom stereocenters. The van der Waals surface area contributed by atoms with Crippen molar-refractivity contribution in [3.63, 3.8) is 0 Å². The minimum atomic E-state index is -0.369. The van der Waals surface area contributed by atoms with Crippen LogP contribution in [-0.2, 0) is 0 Å². The number of hydrogen-bond donors (Lipinski definition) is 2. The number of benzene rings is 1. The van der Waals surface area contributed by atoms with Gasteiger partial charge in [-0.3, -0.25) is 4.79 Å². The van der Waals surface area contributed by atoms with Crippen LogP contribution in [0.2, 0.25) is 5.02 Å². The van der Waals surface area contributed by atoms with E-state index in [1.165, 1.54) is 6.21 Å². The largest absolute Gasteiger partial charge is 0.490 e. The van der Waals surface area contributed by atoms with Gasteiger partial charge in [-0.25, -0.2) is 10.4 Å². The van der Waals surface area contributed by atoms with Crippen molar-refractivity contribution in [2.45, 2.75) is 27.2 Å². The molecule has 1 aromatic heterocycles. The number of aromatic nitrogens is 1. The van der Waals surface area contributed by atoms with Crippen LogP contribution in [0.25, 0.3) is 0 Å². The maximum Gasteiger partial charge on any atom is 0.283 e.